The quantitative estimate of drug-likeness (QED) is 0.838. The fourth-order valence-corrected chi connectivity index (χ4v) is 1.72. The zero-order valence-electron chi connectivity index (χ0n) is 8.45. The van der Waals surface area contributed by atoms with Gasteiger partial charge in [-0.3, -0.25) is 4.79 Å². The maximum absolute atomic E-state index is 11.6. The van der Waals surface area contributed by atoms with Gasteiger partial charge in [0.15, 0.2) is 0 Å². The summed E-state index contributed by atoms with van der Waals surface area (Å²) >= 11 is 6.59. The van der Waals surface area contributed by atoms with E-state index in [0.29, 0.717) is 6.42 Å². The van der Waals surface area contributed by atoms with Gasteiger partial charge in [-0.2, -0.15) is 0 Å². The zero-order chi connectivity index (χ0) is 11.5. The third-order valence-electron chi connectivity index (χ3n) is 1.78. The van der Waals surface area contributed by atoms with E-state index in [2.05, 4.69) is 15.5 Å². The first-order chi connectivity index (χ1) is 6.94. The summed E-state index contributed by atoms with van der Waals surface area (Å²) in [4.78, 5) is 11.6. The molecule has 1 amide bonds. The van der Waals surface area contributed by atoms with E-state index in [1.54, 1.807) is 0 Å². The first kappa shape index (κ1) is 12.4. The topological polar surface area (TPSA) is 75.1 Å². The summed E-state index contributed by atoms with van der Waals surface area (Å²) in [6, 6.07) is 0. The normalized spacial score (nSPS) is 11.5. The largest absolute Gasteiger partial charge is 0.396 e. The summed E-state index contributed by atoms with van der Waals surface area (Å²) in [6.45, 7) is 3.66. The fraction of sp³-hybridized carbons (Fsp3) is 0.625. The van der Waals surface area contributed by atoms with Gasteiger partial charge in [0.25, 0.3) is 5.91 Å². The van der Waals surface area contributed by atoms with Gasteiger partial charge in [0.05, 0.1) is 0 Å². The third-order valence-corrected chi connectivity index (χ3v) is 2.80. The van der Waals surface area contributed by atoms with E-state index in [9.17, 15) is 4.79 Å². The number of halogens is 1. The van der Waals surface area contributed by atoms with E-state index < -0.39 is 5.54 Å². The van der Waals surface area contributed by atoms with Gasteiger partial charge in [-0.15, -0.1) is 10.2 Å². The van der Waals surface area contributed by atoms with Gasteiger partial charge >= 0.3 is 0 Å². The van der Waals surface area contributed by atoms with Gasteiger partial charge < -0.3 is 10.4 Å². The van der Waals surface area contributed by atoms with E-state index >= 15 is 0 Å². The molecule has 0 unspecified atom stereocenters. The molecule has 1 rings (SSSR count). The van der Waals surface area contributed by atoms with Crippen molar-refractivity contribution in [1.82, 2.24) is 15.5 Å². The van der Waals surface area contributed by atoms with Crippen LogP contribution < -0.4 is 5.32 Å². The van der Waals surface area contributed by atoms with Gasteiger partial charge in [0.2, 0.25) is 9.47 Å². The number of aliphatic hydroxyl groups excluding tert-OH is 1. The Labute approximate surface area is 96.5 Å². The summed E-state index contributed by atoms with van der Waals surface area (Å²) in [5, 5.41) is 18.9. The van der Waals surface area contributed by atoms with E-state index in [4.69, 9.17) is 16.7 Å². The summed E-state index contributed by atoms with van der Waals surface area (Å²) in [5.74, 6) is -0.321. The van der Waals surface area contributed by atoms with Crippen LogP contribution in [0, 0.1) is 0 Å². The highest BCUT2D eigenvalue weighted by atomic mass is 35.5. The summed E-state index contributed by atoms with van der Waals surface area (Å²) in [6.07, 6.45) is 0.477. The van der Waals surface area contributed by atoms with Crippen LogP contribution in [0.3, 0.4) is 0 Å². The highest BCUT2D eigenvalue weighted by Gasteiger charge is 2.22. The highest BCUT2D eigenvalue weighted by molar-refractivity contribution is 7.17. The number of carbonyl (C=O) groups excluding carboxylic acids is 1. The fourth-order valence-electron chi connectivity index (χ4n) is 1.000. The molecule has 0 bridgehead atoms. The molecule has 0 fully saturated rings. The lowest BCUT2D eigenvalue weighted by Crippen LogP contribution is -2.44. The van der Waals surface area contributed by atoms with Crippen LogP contribution in [0.4, 0.5) is 0 Å². The van der Waals surface area contributed by atoms with Gasteiger partial charge in [-0.05, 0) is 31.9 Å². The Balaban J connectivity index is 2.63. The van der Waals surface area contributed by atoms with Gasteiger partial charge in [-0.25, -0.2) is 0 Å². The second kappa shape index (κ2) is 4.87. The molecule has 0 aliphatic heterocycles. The molecular formula is C8H12ClN3O2S. The molecule has 0 aliphatic rings. The molecule has 7 heteroatoms. The first-order valence-electron chi connectivity index (χ1n) is 4.37. The van der Waals surface area contributed by atoms with Crippen LogP contribution >= 0.6 is 22.9 Å². The minimum absolute atomic E-state index is 0.0180. The summed E-state index contributed by atoms with van der Waals surface area (Å²) in [7, 11) is 0. The number of nitrogens with zero attached hydrogens (tertiary/aromatic N) is 2. The van der Waals surface area contributed by atoms with Crippen molar-refractivity contribution in [3.8, 4) is 0 Å². The van der Waals surface area contributed by atoms with Crippen LogP contribution in [0.1, 0.15) is 30.1 Å². The van der Waals surface area contributed by atoms with Crippen LogP contribution in [-0.2, 0) is 0 Å². The third kappa shape index (κ3) is 3.73. The number of aliphatic hydroxyl groups is 1. The lowest BCUT2D eigenvalue weighted by Gasteiger charge is -2.24. The Morgan fingerprint density at radius 2 is 2.27 bits per heavy atom. The number of amides is 1. The Kier molecular flexibility index (Phi) is 4.01. The molecule has 0 saturated carbocycles. The van der Waals surface area contributed by atoms with Gasteiger partial charge in [0.1, 0.15) is 0 Å². The number of rotatable bonds is 4. The number of aromatic nitrogens is 2. The van der Waals surface area contributed by atoms with Crippen molar-refractivity contribution in [2.45, 2.75) is 25.8 Å². The molecule has 15 heavy (non-hydrogen) atoms. The average Bonchev–Trinajstić information content (AvgIpc) is 2.50. The molecule has 1 heterocycles. The SMILES string of the molecule is CC(C)(CCO)NC(=O)c1nnc(Cl)s1. The molecule has 1 aromatic rings. The van der Waals surface area contributed by atoms with Crippen LogP contribution in [-0.4, -0.2) is 33.4 Å². The lowest BCUT2D eigenvalue weighted by atomic mass is 10.0. The van der Waals surface area contributed by atoms with Crippen molar-refractivity contribution >= 4 is 28.8 Å². The van der Waals surface area contributed by atoms with Crippen LogP contribution in [0.2, 0.25) is 4.47 Å². The molecule has 5 nitrogen and oxygen atoms in total. The van der Waals surface area contributed by atoms with Crippen molar-refractivity contribution in [3.05, 3.63) is 9.47 Å². The van der Waals surface area contributed by atoms with E-state index in [-0.39, 0.29) is 22.0 Å². The monoisotopic (exact) mass is 249 g/mol. The molecule has 2 N–H and O–H groups in total. The minimum atomic E-state index is -0.468. The first-order valence-corrected chi connectivity index (χ1v) is 5.56. The second-order valence-electron chi connectivity index (χ2n) is 3.67. The van der Waals surface area contributed by atoms with E-state index in [1.165, 1.54) is 0 Å². The molecule has 0 aliphatic carbocycles. The molecule has 0 atom stereocenters. The second-order valence-corrected chi connectivity index (χ2v) is 5.23. The highest BCUT2D eigenvalue weighted by Crippen LogP contribution is 2.16. The Hall–Kier alpha value is -0.720. The van der Waals surface area contributed by atoms with Crippen molar-refractivity contribution in [3.63, 3.8) is 0 Å². The van der Waals surface area contributed by atoms with Crippen molar-refractivity contribution in [2.75, 3.05) is 6.61 Å². The smallest absolute Gasteiger partial charge is 0.282 e. The summed E-state index contributed by atoms with van der Waals surface area (Å²) in [5.41, 5.74) is -0.468. The van der Waals surface area contributed by atoms with Crippen LogP contribution in [0.5, 0.6) is 0 Å². The van der Waals surface area contributed by atoms with Gasteiger partial charge in [-0.1, -0.05) is 11.3 Å². The maximum Gasteiger partial charge on any atom is 0.282 e. The molecule has 0 radical (unpaired) electrons. The van der Waals surface area contributed by atoms with Crippen molar-refractivity contribution < 1.29 is 9.90 Å². The van der Waals surface area contributed by atoms with Crippen LogP contribution in [0.15, 0.2) is 0 Å². The minimum Gasteiger partial charge on any atom is -0.396 e. The van der Waals surface area contributed by atoms with E-state index in [0.717, 1.165) is 11.3 Å². The molecule has 1 aromatic heterocycles. The van der Waals surface area contributed by atoms with Crippen molar-refractivity contribution in [2.24, 2.45) is 0 Å². The predicted molar refractivity (Wildman–Crippen MR) is 58.2 cm³/mol. The molecule has 0 saturated heterocycles. The molecule has 84 valence electrons. The van der Waals surface area contributed by atoms with Gasteiger partial charge in [0, 0.05) is 12.1 Å². The average molecular weight is 250 g/mol. The lowest BCUT2D eigenvalue weighted by molar-refractivity contribution is 0.0898. The molecule has 0 spiro atoms. The van der Waals surface area contributed by atoms with Crippen molar-refractivity contribution in [1.29, 1.82) is 0 Å². The molecule has 0 aromatic carbocycles. The number of hydrogen-bond donors (Lipinski definition) is 2. The number of hydrogen-bond acceptors (Lipinski definition) is 5. The number of carbonyl (C=O) groups is 1. The maximum atomic E-state index is 11.6. The molecular weight excluding hydrogens is 238 g/mol. The zero-order valence-corrected chi connectivity index (χ0v) is 10.0. The summed E-state index contributed by atoms with van der Waals surface area (Å²) < 4.78 is 0.236. The standard InChI is InChI=1S/C8H12ClN3O2S/c1-8(2,3-4-13)10-5(14)6-11-12-7(9)15-6/h13H,3-4H2,1-2H3,(H,10,14). The Bertz CT molecular complexity index is 353. The Morgan fingerprint density at radius 3 is 2.73 bits per heavy atom. The predicted octanol–water partition coefficient (Wildman–Crippen LogP) is 1.08. The van der Waals surface area contributed by atoms with Crippen LogP contribution in [0.25, 0.3) is 0 Å². The van der Waals surface area contributed by atoms with E-state index in [1.807, 2.05) is 13.8 Å². The number of nitrogens with one attached hydrogen (secondary N) is 1. The Morgan fingerprint density at radius 1 is 1.60 bits per heavy atom.